The first-order valence-corrected chi connectivity index (χ1v) is 3.21. The zero-order valence-electron chi connectivity index (χ0n) is 6.84. The molecule has 0 radical (unpaired) electrons. The van der Waals surface area contributed by atoms with Crippen LogP contribution in [0.15, 0.2) is 5.16 Å². The van der Waals surface area contributed by atoms with Gasteiger partial charge in [0.05, 0.1) is 0 Å². The third-order valence-corrected chi connectivity index (χ3v) is 1.11. The van der Waals surface area contributed by atoms with E-state index >= 15 is 0 Å². The normalized spacial score (nSPS) is 11.9. The molecule has 0 rings (SSSR count). The molecule has 0 aromatic carbocycles. The van der Waals surface area contributed by atoms with Crippen LogP contribution in [0.25, 0.3) is 0 Å². The molecule has 0 aliphatic heterocycles. The molecule has 58 valence electrons. The first-order chi connectivity index (χ1) is 4.59. The molecule has 0 atom stereocenters. The topological polar surface area (TPSA) is 38.7 Å². The number of carbonyl (C=O) groups is 1. The summed E-state index contributed by atoms with van der Waals surface area (Å²) in [6, 6.07) is 0. The maximum absolute atomic E-state index is 11.0. The molecular weight excluding hydrogens is 130 g/mol. The van der Waals surface area contributed by atoms with E-state index in [-0.39, 0.29) is 11.7 Å². The summed E-state index contributed by atoms with van der Waals surface area (Å²) in [5.74, 6) is 0.0285. The van der Waals surface area contributed by atoms with Crippen molar-refractivity contribution in [2.45, 2.75) is 20.8 Å². The van der Waals surface area contributed by atoms with E-state index in [0.717, 1.165) is 0 Å². The van der Waals surface area contributed by atoms with E-state index < -0.39 is 0 Å². The minimum atomic E-state index is -0.00102. The van der Waals surface area contributed by atoms with Crippen molar-refractivity contribution in [3.8, 4) is 0 Å². The molecule has 0 bridgehead atoms. The first kappa shape index (κ1) is 9.14. The Morgan fingerprint density at radius 2 is 2.00 bits per heavy atom. The van der Waals surface area contributed by atoms with E-state index in [1.54, 1.807) is 6.92 Å². The Bertz CT molecular complexity index is 150. The van der Waals surface area contributed by atoms with E-state index in [0.29, 0.717) is 5.71 Å². The van der Waals surface area contributed by atoms with Gasteiger partial charge in [-0.15, -0.1) is 0 Å². The summed E-state index contributed by atoms with van der Waals surface area (Å²) in [5.41, 5.74) is 0.428. The van der Waals surface area contributed by atoms with Crippen LogP contribution in [0.3, 0.4) is 0 Å². The summed E-state index contributed by atoms with van der Waals surface area (Å²) < 4.78 is 0. The highest BCUT2D eigenvalue weighted by Gasteiger charge is 2.10. The molecule has 3 nitrogen and oxygen atoms in total. The van der Waals surface area contributed by atoms with Crippen molar-refractivity contribution in [2.75, 3.05) is 7.11 Å². The Morgan fingerprint density at radius 1 is 1.50 bits per heavy atom. The molecule has 0 fully saturated rings. The lowest BCUT2D eigenvalue weighted by atomic mass is 10.1. The van der Waals surface area contributed by atoms with Gasteiger partial charge in [0.25, 0.3) is 0 Å². The van der Waals surface area contributed by atoms with Crippen LogP contribution in [0.1, 0.15) is 20.8 Å². The molecule has 0 unspecified atom stereocenters. The molecule has 0 saturated carbocycles. The van der Waals surface area contributed by atoms with E-state index in [4.69, 9.17) is 0 Å². The SMILES string of the molecule is CO/N=C(\C)C(=O)C(C)C. The van der Waals surface area contributed by atoms with Crippen LogP contribution in [-0.4, -0.2) is 18.6 Å². The van der Waals surface area contributed by atoms with Crippen molar-refractivity contribution >= 4 is 11.5 Å². The zero-order chi connectivity index (χ0) is 8.15. The van der Waals surface area contributed by atoms with Gasteiger partial charge in [-0.05, 0) is 6.92 Å². The van der Waals surface area contributed by atoms with Crippen LogP contribution in [0.4, 0.5) is 0 Å². The number of oxime groups is 1. The number of hydrogen-bond donors (Lipinski definition) is 0. The lowest BCUT2D eigenvalue weighted by molar-refractivity contribution is -0.115. The quantitative estimate of drug-likeness (QED) is 0.440. The Hall–Kier alpha value is -0.860. The van der Waals surface area contributed by atoms with Crippen molar-refractivity contribution in [3.63, 3.8) is 0 Å². The monoisotopic (exact) mass is 143 g/mol. The molecule has 0 aliphatic carbocycles. The lowest BCUT2D eigenvalue weighted by Crippen LogP contribution is -2.16. The van der Waals surface area contributed by atoms with Crippen LogP contribution in [0, 0.1) is 5.92 Å². The van der Waals surface area contributed by atoms with Crippen LogP contribution in [-0.2, 0) is 9.63 Å². The minimum Gasteiger partial charge on any atom is -0.399 e. The van der Waals surface area contributed by atoms with Gasteiger partial charge in [-0.1, -0.05) is 19.0 Å². The lowest BCUT2D eigenvalue weighted by Gasteiger charge is -2.00. The molecule has 0 aliphatic rings. The number of Topliss-reactive ketones (excluding diaryl/α,β-unsaturated/α-hetero) is 1. The molecule has 3 heteroatoms. The average Bonchev–Trinajstić information content (AvgIpc) is 1.87. The van der Waals surface area contributed by atoms with Crippen LogP contribution >= 0.6 is 0 Å². The smallest absolute Gasteiger partial charge is 0.182 e. The molecule has 0 aromatic rings. The molecule has 0 heterocycles. The van der Waals surface area contributed by atoms with Crippen molar-refractivity contribution < 1.29 is 9.63 Å². The molecule has 0 spiro atoms. The van der Waals surface area contributed by atoms with Gasteiger partial charge in [-0.25, -0.2) is 0 Å². The Labute approximate surface area is 61.1 Å². The maximum Gasteiger partial charge on any atom is 0.182 e. The van der Waals surface area contributed by atoms with Gasteiger partial charge >= 0.3 is 0 Å². The maximum atomic E-state index is 11.0. The van der Waals surface area contributed by atoms with E-state index in [9.17, 15) is 4.79 Å². The Kier molecular flexibility index (Phi) is 3.69. The predicted octanol–water partition coefficient (Wildman–Crippen LogP) is 1.23. The molecule has 10 heavy (non-hydrogen) atoms. The third kappa shape index (κ3) is 2.62. The highest BCUT2D eigenvalue weighted by molar-refractivity contribution is 6.39. The second kappa shape index (κ2) is 4.04. The first-order valence-electron chi connectivity index (χ1n) is 3.21. The summed E-state index contributed by atoms with van der Waals surface area (Å²) in [6.45, 7) is 5.31. The Balaban J connectivity index is 4.08. The van der Waals surface area contributed by atoms with E-state index in [1.807, 2.05) is 13.8 Å². The summed E-state index contributed by atoms with van der Waals surface area (Å²) in [6.07, 6.45) is 0. The second-order valence-electron chi connectivity index (χ2n) is 2.38. The average molecular weight is 143 g/mol. The highest BCUT2D eigenvalue weighted by Crippen LogP contribution is 1.96. The summed E-state index contributed by atoms with van der Waals surface area (Å²) in [5, 5.41) is 3.51. The van der Waals surface area contributed by atoms with Gasteiger partial charge in [0.2, 0.25) is 0 Å². The van der Waals surface area contributed by atoms with Gasteiger partial charge in [0.15, 0.2) is 5.78 Å². The molecule has 0 amide bonds. The van der Waals surface area contributed by atoms with Crippen LogP contribution in [0.5, 0.6) is 0 Å². The second-order valence-corrected chi connectivity index (χ2v) is 2.38. The van der Waals surface area contributed by atoms with E-state index in [2.05, 4.69) is 9.99 Å². The number of nitrogens with zero attached hydrogens (tertiary/aromatic N) is 1. The minimum absolute atomic E-state index is 0.00102. The number of hydrogen-bond acceptors (Lipinski definition) is 3. The fourth-order valence-electron chi connectivity index (χ4n) is 0.600. The third-order valence-electron chi connectivity index (χ3n) is 1.11. The fourth-order valence-corrected chi connectivity index (χ4v) is 0.600. The largest absolute Gasteiger partial charge is 0.399 e. The predicted molar refractivity (Wildman–Crippen MR) is 40.0 cm³/mol. The van der Waals surface area contributed by atoms with Crippen LogP contribution < -0.4 is 0 Å². The van der Waals surface area contributed by atoms with Crippen molar-refractivity contribution in [1.29, 1.82) is 0 Å². The molecule has 0 N–H and O–H groups in total. The molecule has 0 aromatic heterocycles. The zero-order valence-corrected chi connectivity index (χ0v) is 6.84. The van der Waals surface area contributed by atoms with Crippen molar-refractivity contribution in [3.05, 3.63) is 0 Å². The van der Waals surface area contributed by atoms with E-state index in [1.165, 1.54) is 7.11 Å². The van der Waals surface area contributed by atoms with Crippen molar-refractivity contribution in [2.24, 2.45) is 11.1 Å². The number of ketones is 1. The highest BCUT2D eigenvalue weighted by atomic mass is 16.6. The molecule has 0 saturated heterocycles. The van der Waals surface area contributed by atoms with Gasteiger partial charge in [-0.3, -0.25) is 4.79 Å². The fraction of sp³-hybridized carbons (Fsp3) is 0.714. The Morgan fingerprint density at radius 3 is 2.30 bits per heavy atom. The number of carbonyl (C=O) groups excluding carboxylic acids is 1. The number of rotatable bonds is 3. The molecular formula is C7H13NO2. The van der Waals surface area contributed by atoms with Gasteiger partial charge in [0, 0.05) is 5.92 Å². The van der Waals surface area contributed by atoms with Crippen LogP contribution in [0.2, 0.25) is 0 Å². The van der Waals surface area contributed by atoms with Gasteiger partial charge in [-0.2, -0.15) is 0 Å². The summed E-state index contributed by atoms with van der Waals surface area (Å²) in [4.78, 5) is 15.5. The summed E-state index contributed by atoms with van der Waals surface area (Å²) in [7, 11) is 1.43. The van der Waals surface area contributed by atoms with Gasteiger partial charge < -0.3 is 4.84 Å². The van der Waals surface area contributed by atoms with Gasteiger partial charge in [0.1, 0.15) is 12.8 Å². The van der Waals surface area contributed by atoms with Crippen molar-refractivity contribution in [1.82, 2.24) is 0 Å². The standard InChI is InChI=1S/C7H13NO2/c1-5(2)7(9)6(3)8-10-4/h5H,1-4H3/b8-6+. The summed E-state index contributed by atoms with van der Waals surface area (Å²) >= 11 is 0.